The van der Waals surface area contributed by atoms with Gasteiger partial charge in [-0.25, -0.2) is 22.9 Å². The summed E-state index contributed by atoms with van der Waals surface area (Å²) in [6.45, 7) is 1.38. The van der Waals surface area contributed by atoms with E-state index in [0.29, 0.717) is 5.56 Å². The summed E-state index contributed by atoms with van der Waals surface area (Å²) in [5, 5.41) is 2.68. The van der Waals surface area contributed by atoms with Gasteiger partial charge < -0.3 is 30.0 Å². The highest BCUT2D eigenvalue weighted by Crippen LogP contribution is 2.39. The van der Waals surface area contributed by atoms with Crippen molar-refractivity contribution in [1.82, 2.24) is 9.55 Å². The van der Waals surface area contributed by atoms with Crippen molar-refractivity contribution in [1.29, 1.82) is 0 Å². The molecule has 2 atom stereocenters. The number of ether oxygens (including phenoxy) is 2. The molecule has 1 aromatic carbocycles. The van der Waals surface area contributed by atoms with Gasteiger partial charge in [-0.05, 0) is 19.1 Å². The van der Waals surface area contributed by atoms with Crippen LogP contribution < -0.4 is 20.7 Å². The van der Waals surface area contributed by atoms with Crippen LogP contribution in [0.4, 0.5) is 24.7 Å². The number of primary amides is 1. The number of alkyl halides is 2. The molecule has 1 fully saturated rings. The molecule has 0 radical (unpaired) electrons. The fraction of sp³-hybridized carbons (Fsp3) is 0.400. The van der Waals surface area contributed by atoms with E-state index in [2.05, 4.69) is 10.3 Å². The lowest BCUT2D eigenvalue weighted by Crippen LogP contribution is -2.48. The number of rotatable bonds is 5. The number of carbonyl (C=O) groups excluding carboxylic acids is 2. The van der Waals surface area contributed by atoms with Crippen LogP contribution in [-0.2, 0) is 20.9 Å². The zero-order valence-corrected chi connectivity index (χ0v) is 17.0. The molecule has 3 heterocycles. The highest BCUT2D eigenvalue weighted by Gasteiger charge is 2.37. The molecule has 0 spiro atoms. The third kappa shape index (κ3) is 3.78. The standard InChI is InChI=1S/C20H20F3N5O4/c1-10(19(24)30)25-13-3-2-12-17(16(13)21)32-5-4-27-6-15(26-20(12)27)28-11(7-29)8-31-9-14(28)18(22)23/h2-3,6,10,14,18,25H,4-5,8-9H2,1H3,(H2,24,30)/t10-,14-/m0/s1. The van der Waals surface area contributed by atoms with Crippen molar-refractivity contribution in [3.8, 4) is 17.1 Å². The van der Waals surface area contributed by atoms with Crippen molar-refractivity contribution in [3.05, 3.63) is 29.8 Å². The molecule has 12 heteroatoms. The van der Waals surface area contributed by atoms with E-state index < -0.39 is 30.2 Å². The fourth-order valence-electron chi connectivity index (χ4n) is 3.63. The van der Waals surface area contributed by atoms with Crippen LogP contribution in [0.3, 0.4) is 0 Å². The number of nitrogens with one attached hydrogen (secondary N) is 1. The number of carbonyl (C=O) groups is 1. The van der Waals surface area contributed by atoms with Gasteiger partial charge in [0.2, 0.25) is 5.91 Å². The molecule has 9 nitrogen and oxygen atoms in total. The molecule has 2 aliphatic rings. The fourth-order valence-corrected chi connectivity index (χ4v) is 3.63. The highest BCUT2D eigenvalue weighted by atomic mass is 19.3. The Morgan fingerprint density at radius 2 is 2.19 bits per heavy atom. The SMILES string of the molecule is C[C@H](Nc1ccc2c(c1F)OCCn1cc(N3C(=C=O)COC[C@H]3C(F)F)nc1-2)C(N)=O. The molecule has 4 rings (SSSR count). The van der Waals surface area contributed by atoms with Crippen molar-refractivity contribution in [2.45, 2.75) is 32.0 Å². The van der Waals surface area contributed by atoms with E-state index in [1.165, 1.54) is 19.2 Å². The Balaban J connectivity index is 1.76. The Morgan fingerprint density at radius 3 is 2.88 bits per heavy atom. The maximum Gasteiger partial charge on any atom is 0.261 e. The topological polar surface area (TPSA) is 112 Å². The molecular weight excluding hydrogens is 431 g/mol. The Morgan fingerprint density at radius 1 is 1.41 bits per heavy atom. The minimum atomic E-state index is -2.80. The van der Waals surface area contributed by atoms with Gasteiger partial charge in [-0.1, -0.05) is 0 Å². The summed E-state index contributed by atoms with van der Waals surface area (Å²) in [4.78, 5) is 28.2. The molecule has 0 saturated carbocycles. The van der Waals surface area contributed by atoms with Gasteiger partial charge >= 0.3 is 0 Å². The Labute approximate surface area is 180 Å². The van der Waals surface area contributed by atoms with Gasteiger partial charge in [0.1, 0.15) is 36.2 Å². The van der Waals surface area contributed by atoms with Crippen molar-refractivity contribution < 1.29 is 32.2 Å². The Kier molecular flexibility index (Phi) is 5.81. The van der Waals surface area contributed by atoms with E-state index in [1.807, 2.05) is 0 Å². The summed E-state index contributed by atoms with van der Waals surface area (Å²) in [6.07, 6.45) is -1.29. The summed E-state index contributed by atoms with van der Waals surface area (Å²) in [5.41, 5.74) is 5.44. The molecule has 170 valence electrons. The van der Waals surface area contributed by atoms with Gasteiger partial charge in [-0.3, -0.25) is 4.79 Å². The number of hydrogen-bond acceptors (Lipinski definition) is 7. The van der Waals surface area contributed by atoms with E-state index in [1.54, 1.807) is 16.6 Å². The molecular formula is C20H20F3N5O4. The third-order valence-corrected chi connectivity index (χ3v) is 5.28. The molecule has 2 aromatic rings. The van der Waals surface area contributed by atoms with Crippen LogP contribution in [0.2, 0.25) is 0 Å². The van der Waals surface area contributed by atoms with Crippen molar-refractivity contribution in [2.75, 3.05) is 30.0 Å². The average molecular weight is 451 g/mol. The number of nitrogens with two attached hydrogens (primary N) is 1. The van der Waals surface area contributed by atoms with Gasteiger partial charge in [0, 0.05) is 6.20 Å². The Bertz CT molecular complexity index is 1100. The predicted molar refractivity (Wildman–Crippen MR) is 108 cm³/mol. The second kappa shape index (κ2) is 8.56. The molecule has 0 aliphatic carbocycles. The first-order valence-corrected chi connectivity index (χ1v) is 9.79. The molecule has 0 bridgehead atoms. The highest BCUT2D eigenvalue weighted by molar-refractivity contribution is 5.83. The van der Waals surface area contributed by atoms with Crippen LogP contribution in [0.15, 0.2) is 24.0 Å². The molecule has 1 amide bonds. The lowest BCUT2D eigenvalue weighted by Gasteiger charge is -2.35. The summed E-state index contributed by atoms with van der Waals surface area (Å²) in [7, 11) is 0. The maximum absolute atomic E-state index is 15.1. The van der Waals surface area contributed by atoms with E-state index in [0.717, 1.165) is 4.90 Å². The zero-order valence-electron chi connectivity index (χ0n) is 17.0. The van der Waals surface area contributed by atoms with Gasteiger partial charge in [0.15, 0.2) is 17.4 Å². The van der Waals surface area contributed by atoms with E-state index in [9.17, 15) is 18.4 Å². The molecule has 1 aromatic heterocycles. The number of nitrogens with zero attached hydrogens (tertiary/aromatic N) is 3. The molecule has 32 heavy (non-hydrogen) atoms. The number of fused-ring (bicyclic) bond motifs is 3. The number of halogens is 3. The second-order valence-electron chi connectivity index (χ2n) is 7.37. The molecule has 3 N–H and O–H groups in total. The van der Waals surface area contributed by atoms with Crippen LogP contribution >= 0.6 is 0 Å². The number of aromatic nitrogens is 2. The van der Waals surface area contributed by atoms with Crippen molar-refractivity contribution in [3.63, 3.8) is 0 Å². The van der Waals surface area contributed by atoms with Crippen LogP contribution in [0.1, 0.15) is 6.92 Å². The number of hydrogen-bond donors (Lipinski definition) is 2. The lowest BCUT2D eigenvalue weighted by molar-refractivity contribution is -0.118. The van der Waals surface area contributed by atoms with Crippen LogP contribution in [0, 0.1) is 5.82 Å². The van der Waals surface area contributed by atoms with Gasteiger partial charge in [-0.15, -0.1) is 0 Å². The van der Waals surface area contributed by atoms with Crippen LogP contribution in [0.25, 0.3) is 11.4 Å². The quantitative estimate of drug-likeness (QED) is 0.664. The summed E-state index contributed by atoms with van der Waals surface area (Å²) in [5.74, 6) is 0.545. The second-order valence-corrected chi connectivity index (χ2v) is 7.37. The van der Waals surface area contributed by atoms with Crippen molar-refractivity contribution >= 4 is 23.4 Å². The summed E-state index contributed by atoms with van der Waals surface area (Å²) < 4.78 is 54.7. The zero-order chi connectivity index (χ0) is 23.0. The minimum Gasteiger partial charge on any atom is -0.488 e. The normalized spacial score (nSPS) is 18.8. The lowest BCUT2D eigenvalue weighted by atomic mass is 10.1. The van der Waals surface area contributed by atoms with Gasteiger partial charge in [0.05, 0.1) is 31.0 Å². The first-order valence-electron chi connectivity index (χ1n) is 9.79. The first kappa shape index (κ1) is 21.7. The average Bonchev–Trinajstić information content (AvgIpc) is 3.10. The summed E-state index contributed by atoms with van der Waals surface area (Å²) >= 11 is 0. The minimum absolute atomic E-state index is 0.0207. The summed E-state index contributed by atoms with van der Waals surface area (Å²) in [6, 6.07) is 0.730. The number of morpholine rings is 1. The predicted octanol–water partition coefficient (Wildman–Crippen LogP) is 1.55. The van der Waals surface area contributed by atoms with Gasteiger partial charge in [-0.2, -0.15) is 0 Å². The van der Waals surface area contributed by atoms with E-state index in [4.69, 9.17) is 15.2 Å². The number of anilines is 2. The van der Waals surface area contributed by atoms with Crippen LogP contribution in [0.5, 0.6) is 5.75 Å². The number of imidazole rings is 1. The molecule has 0 unspecified atom stereocenters. The maximum atomic E-state index is 15.1. The first-order chi connectivity index (χ1) is 15.3. The monoisotopic (exact) mass is 451 g/mol. The van der Waals surface area contributed by atoms with E-state index in [-0.39, 0.29) is 55.1 Å². The molecule has 2 aliphatic heterocycles. The largest absolute Gasteiger partial charge is 0.488 e. The number of benzene rings is 1. The number of amides is 1. The Hall–Kier alpha value is -3.50. The smallest absolute Gasteiger partial charge is 0.261 e. The van der Waals surface area contributed by atoms with Crippen LogP contribution in [-0.4, -0.2) is 59.7 Å². The molecule has 1 saturated heterocycles. The van der Waals surface area contributed by atoms with Gasteiger partial charge in [0.25, 0.3) is 6.43 Å². The van der Waals surface area contributed by atoms with E-state index >= 15 is 4.39 Å². The van der Waals surface area contributed by atoms with Crippen molar-refractivity contribution in [2.24, 2.45) is 5.73 Å². The third-order valence-electron chi connectivity index (χ3n) is 5.28.